The van der Waals surface area contributed by atoms with E-state index in [1.807, 2.05) is 0 Å². The first-order chi connectivity index (χ1) is 8.54. The van der Waals surface area contributed by atoms with Gasteiger partial charge in [-0.05, 0) is 35.1 Å². The molecule has 1 saturated heterocycles. The second-order valence-corrected chi connectivity index (χ2v) is 4.68. The molecule has 0 bridgehead atoms. The maximum absolute atomic E-state index is 11.5. The summed E-state index contributed by atoms with van der Waals surface area (Å²) in [5.41, 5.74) is 0.371. The first kappa shape index (κ1) is 13.0. The van der Waals surface area contributed by atoms with Crippen LogP contribution < -0.4 is 5.59 Å². The van der Waals surface area contributed by atoms with Gasteiger partial charge in [0.1, 0.15) is 10.2 Å². The molecule has 2 rings (SSSR count). The van der Waals surface area contributed by atoms with E-state index in [9.17, 15) is 9.59 Å². The van der Waals surface area contributed by atoms with E-state index in [-0.39, 0.29) is 13.1 Å². The average Bonchev–Trinajstić information content (AvgIpc) is 2.25. The van der Waals surface area contributed by atoms with E-state index in [1.54, 1.807) is 25.2 Å². The number of aromatic nitrogens is 1. The molecule has 0 radical (unpaired) electrons. The van der Waals surface area contributed by atoms with E-state index in [1.165, 1.54) is 4.90 Å². The normalized spacial score (nSPS) is 17.8. The number of hydrogen-bond donors (Lipinski definition) is 0. The molecule has 1 aromatic rings. The van der Waals surface area contributed by atoms with Gasteiger partial charge in [-0.2, -0.15) is 0 Å². The van der Waals surface area contributed by atoms with E-state index in [2.05, 4.69) is 20.9 Å². The zero-order valence-corrected chi connectivity index (χ0v) is 11.2. The van der Waals surface area contributed by atoms with Crippen LogP contribution in [0.2, 0.25) is 0 Å². The zero-order valence-electron chi connectivity index (χ0n) is 9.63. The molecule has 94 valence electrons. The summed E-state index contributed by atoms with van der Waals surface area (Å²) in [6, 6.07) is 5.07. The number of carbonyl (C=O) groups excluding carboxylic acids is 2. The van der Waals surface area contributed by atoms with Crippen LogP contribution in [0.5, 0.6) is 0 Å². The van der Waals surface area contributed by atoms with Gasteiger partial charge >= 0.3 is 19.1 Å². The third kappa shape index (κ3) is 3.30. The van der Waals surface area contributed by atoms with Crippen LogP contribution in [0.1, 0.15) is 0 Å². The highest BCUT2D eigenvalue weighted by atomic mass is 79.9. The summed E-state index contributed by atoms with van der Waals surface area (Å²) in [4.78, 5) is 28.7. The van der Waals surface area contributed by atoms with Crippen molar-refractivity contribution in [1.82, 2.24) is 9.88 Å². The summed E-state index contributed by atoms with van der Waals surface area (Å²) in [6.45, 7) is 0.0825. The Bertz CT molecular complexity index is 465. The summed E-state index contributed by atoms with van der Waals surface area (Å²) in [7, 11) is 0.552. The summed E-state index contributed by atoms with van der Waals surface area (Å²) in [6.07, 6.45) is 0. The minimum absolute atomic E-state index is 0.0413. The number of rotatable bonds is 1. The summed E-state index contributed by atoms with van der Waals surface area (Å²) < 4.78 is 10.7. The molecular formula is C10H10BBrN2O4. The third-order valence-electron chi connectivity index (χ3n) is 2.25. The molecule has 0 spiro atoms. The number of nitrogens with zero attached hydrogens (tertiary/aromatic N) is 2. The van der Waals surface area contributed by atoms with Gasteiger partial charge in [0, 0.05) is 0 Å². The molecule has 0 N–H and O–H groups in total. The van der Waals surface area contributed by atoms with E-state index >= 15 is 0 Å². The predicted octanol–water partition coefficient (Wildman–Crippen LogP) is -0.429. The van der Waals surface area contributed by atoms with Crippen molar-refractivity contribution in [2.75, 3.05) is 20.1 Å². The Morgan fingerprint density at radius 3 is 2.44 bits per heavy atom. The number of likely N-dealkylation sites (N-methyl/N-ethyl adjacent to an activating group) is 1. The van der Waals surface area contributed by atoms with Crippen molar-refractivity contribution in [1.29, 1.82) is 0 Å². The minimum atomic E-state index is -1.09. The largest absolute Gasteiger partial charge is 0.656 e. The van der Waals surface area contributed by atoms with Crippen molar-refractivity contribution in [3.8, 4) is 0 Å². The molecule has 0 atom stereocenters. The van der Waals surface area contributed by atoms with Gasteiger partial charge in [-0.3, -0.25) is 14.5 Å². The molecule has 0 amide bonds. The average molecular weight is 313 g/mol. The molecule has 1 fully saturated rings. The van der Waals surface area contributed by atoms with Crippen molar-refractivity contribution in [2.24, 2.45) is 0 Å². The maximum Gasteiger partial charge on any atom is 0.656 e. The Labute approximate surface area is 113 Å². The Morgan fingerprint density at radius 2 is 1.89 bits per heavy atom. The molecule has 1 aromatic heterocycles. The van der Waals surface area contributed by atoms with Gasteiger partial charge in [0.2, 0.25) is 0 Å². The molecule has 8 heteroatoms. The highest BCUT2D eigenvalue weighted by Crippen LogP contribution is 2.04. The number of carbonyl (C=O) groups is 2. The van der Waals surface area contributed by atoms with Crippen LogP contribution in [0.3, 0.4) is 0 Å². The van der Waals surface area contributed by atoms with E-state index in [4.69, 9.17) is 9.31 Å². The Morgan fingerprint density at radius 1 is 1.28 bits per heavy atom. The molecule has 1 aliphatic rings. The Balaban J connectivity index is 2.20. The first-order valence-electron chi connectivity index (χ1n) is 5.24. The lowest BCUT2D eigenvalue weighted by Gasteiger charge is -2.22. The molecule has 18 heavy (non-hydrogen) atoms. The fourth-order valence-electron chi connectivity index (χ4n) is 1.51. The lowest BCUT2D eigenvalue weighted by atomic mass is 9.83. The van der Waals surface area contributed by atoms with E-state index in [0.717, 1.165) is 0 Å². The van der Waals surface area contributed by atoms with E-state index < -0.39 is 19.1 Å². The first-order valence-corrected chi connectivity index (χ1v) is 6.04. The van der Waals surface area contributed by atoms with Gasteiger partial charge in [-0.1, -0.05) is 6.07 Å². The van der Waals surface area contributed by atoms with Crippen molar-refractivity contribution in [3.63, 3.8) is 0 Å². The van der Waals surface area contributed by atoms with Gasteiger partial charge in [0.25, 0.3) is 0 Å². The molecule has 0 unspecified atom stereocenters. The summed E-state index contributed by atoms with van der Waals surface area (Å²) in [5, 5.41) is 0. The van der Waals surface area contributed by atoms with Crippen LogP contribution in [-0.4, -0.2) is 49.1 Å². The quantitative estimate of drug-likeness (QED) is 0.518. The van der Waals surface area contributed by atoms with Gasteiger partial charge in [0.05, 0.1) is 13.1 Å². The second kappa shape index (κ2) is 5.49. The van der Waals surface area contributed by atoms with Crippen LogP contribution in [0.4, 0.5) is 0 Å². The molecule has 0 saturated carbocycles. The number of hydrogen-bond acceptors (Lipinski definition) is 6. The van der Waals surface area contributed by atoms with Gasteiger partial charge in [-0.25, -0.2) is 4.98 Å². The SMILES string of the molecule is CN1CC(=O)OB(c2cccc(Br)n2)OC(=O)C1. The third-order valence-corrected chi connectivity index (χ3v) is 2.69. The van der Waals surface area contributed by atoms with Gasteiger partial charge < -0.3 is 9.31 Å². The van der Waals surface area contributed by atoms with Crippen LogP contribution in [0.15, 0.2) is 22.8 Å². The fourth-order valence-corrected chi connectivity index (χ4v) is 1.87. The molecule has 0 aromatic carbocycles. The molecule has 2 heterocycles. The standard InChI is InChI=1S/C10H10BBrN2O4/c1-14-5-9(15)17-11(18-10(16)6-14)7-3-2-4-8(12)13-7/h2-4H,5-6H2,1H3. The summed E-state index contributed by atoms with van der Waals surface area (Å²) in [5.74, 6) is -0.923. The molecule has 6 nitrogen and oxygen atoms in total. The van der Waals surface area contributed by atoms with Crippen LogP contribution in [0, 0.1) is 0 Å². The van der Waals surface area contributed by atoms with Crippen LogP contribution in [-0.2, 0) is 18.9 Å². The van der Waals surface area contributed by atoms with Crippen molar-refractivity contribution in [2.45, 2.75) is 0 Å². The second-order valence-electron chi connectivity index (χ2n) is 3.87. The smallest absolute Gasteiger partial charge is 0.493 e. The fraction of sp³-hybridized carbons (Fsp3) is 0.300. The summed E-state index contributed by atoms with van der Waals surface area (Å²) >= 11 is 3.20. The van der Waals surface area contributed by atoms with Crippen LogP contribution in [0.25, 0.3) is 0 Å². The molecule has 0 aliphatic carbocycles. The van der Waals surface area contributed by atoms with Gasteiger partial charge in [0.15, 0.2) is 0 Å². The number of pyridine rings is 1. The highest BCUT2D eigenvalue weighted by Gasteiger charge is 2.35. The zero-order chi connectivity index (χ0) is 13.1. The minimum Gasteiger partial charge on any atom is -0.493 e. The maximum atomic E-state index is 11.5. The van der Waals surface area contributed by atoms with Crippen molar-refractivity contribution in [3.05, 3.63) is 22.8 Å². The predicted molar refractivity (Wildman–Crippen MR) is 67.0 cm³/mol. The topological polar surface area (TPSA) is 68.7 Å². The highest BCUT2D eigenvalue weighted by molar-refractivity contribution is 9.10. The molecule has 1 aliphatic heterocycles. The monoisotopic (exact) mass is 312 g/mol. The lowest BCUT2D eigenvalue weighted by molar-refractivity contribution is -0.145. The Kier molecular flexibility index (Phi) is 3.98. The molecular weight excluding hydrogens is 303 g/mol. The lowest BCUT2D eigenvalue weighted by Crippen LogP contribution is -2.48. The van der Waals surface area contributed by atoms with Crippen molar-refractivity contribution < 1.29 is 18.9 Å². The Hall–Kier alpha value is -1.41. The van der Waals surface area contributed by atoms with Gasteiger partial charge in [-0.15, -0.1) is 0 Å². The van der Waals surface area contributed by atoms with Crippen LogP contribution >= 0.6 is 15.9 Å². The number of halogens is 1. The van der Waals surface area contributed by atoms with E-state index in [0.29, 0.717) is 10.2 Å². The van der Waals surface area contributed by atoms with Crippen molar-refractivity contribution >= 4 is 40.6 Å².